The zero-order chi connectivity index (χ0) is 25.4. The van der Waals surface area contributed by atoms with E-state index in [1.807, 2.05) is 0 Å². The average Bonchev–Trinajstić information content (AvgIpc) is 3.38. The molecule has 2 aliphatic rings. The summed E-state index contributed by atoms with van der Waals surface area (Å²) in [5.74, 6) is 0. The van der Waals surface area contributed by atoms with E-state index in [9.17, 15) is 0 Å². The molecule has 2 aliphatic carbocycles. The molecule has 0 saturated heterocycles. The second kappa shape index (κ2) is 14.9. The zero-order valence-corrected chi connectivity index (χ0v) is 27.3. The fourth-order valence-electron chi connectivity index (χ4n) is 6.13. The minimum atomic E-state index is -0.826. The van der Waals surface area contributed by atoms with Crippen molar-refractivity contribution in [2.45, 2.75) is 110 Å². The van der Waals surface area contributed by atoms with Gasteiger partial charge in [-0.25, -0.2) is 0 Å². The quantitative estimate of drug-likeness (QED) is 0.205. The molecule has 3 aromatic carbocycles. The fourth-order valence-corrected chi connectivity index (χ4v) is 9.99. The molecule has 0 heterocycles. The van der Waals surface area contributed by atoms with Crippen molar-refractivity contribution in [2.24, 2.45) is 0 Å². The summed E-state index contributed by atoms with van der Waals surface area (Å²) in [7, 11) is 9.93. The Balaban J connectivity index is 0.000000221. The molecule has 0 unspecified atom stereocenters. The van der Waals surface area contributed by atoms with Crippen LogP contribution < -0.4 is 5.30 Å². The first-order valence-corrected chi connectivity index (χ1v) is 21.3. The predicted octanol–water partition coefficient (Wildman–Crippen LogP) is 10.7. The summed E-state index contributed by atoms with van der Waals surface area (Å²) in [4.78, 5) is 0. The van der Waals surface area contributed by atoms with Crippen molar-refractivity contribution in [3.8, 4) is 0 Å². The molecule has 0 bridgehead atoms. The number of hydrogen-bond donors (Lipinski definition) is 0. The maximum atomic E-state index is 4.93. The molecule has 2 fully saturated rings. The molecule has 0 aliphatic heterocycles. The summed E-state index contributed by atoms with van der Waals surface area (Å²) >= 11 is -0.826. The third-order valence-electron chi connectivity index (χ3n) is 8.65. The smallest absolute Gasteiger partial charge is 0.0181 e. The maximum absolute atomic E-state index is 4.93. The van der Waals surface area contributed by atoms with Gasteiger partial charge in [0.2, 0.25) is 0 Å². The molecular formula is C31H43Cl2PZr. The molecule has 2 saturated carbocycles. The van der Waals surface area contributed by atoms with Gasteiger partial charge in [0, 0.05) is 0 Å². The van der Waals surface area contributed by atoms with Crippen LogP contribution in [0.5, 0.6) is 0 Å². The van der Waals surface area contributed by atoms with Gasteiger partial charge in [0.15, 0.2) is 0 Å². The van der Waals surface area contributed by atoms with Gasteiger partial charge in [-0.2, -0.15) is 33.9 Å². The van der Waals surface area contributed by atoms with Crippen LogP contribution in [0.2, 0.25) is 0 Å². The molecule has 4 heteroatoms. The first-order chi connectivity index (χ1) is 16.9. The standard InChI is InChI=1S/C21H28P.C10H15.2ClH.Zr/c1-3-11-19(12-4-1)22(20-13-5-2-6-14-20)21-15-17-9-7-8-10-18(17)16-21;1-6-7(2)9(4)10(5)8(6)3;;;/h7-10,15-16,19-20H,1-6,11-14H2;1-5H3;2*1H;/q2*-1;;;+4/p-2. The Morgan fingerprint density at radius 2 is 1.26 bits per heavy atom. The number of halogens is 2. The topological polar surface area (TPSA) is 0 Å². The van der Waals surface area contributed by atoms with Crippen LogP contribution in [0.1, 0.15) is 92.0 Å². The van der Waals surface area contributed by atoms with Gasteiger partial charge >= 0.3 is 37.9 Å². The second-order valence-electron chi connectivity index (χ2n) is 10.5. The van der Waals surface area contributed by atoms with E-state index in [1.165, 1.54) is 103 Å². The number of fused-ring (bicyclic) bond motifs is 1. The third-order valence-corrected chi connectivity index (χ3v) is 12.1. The van der Waals surface area contributed by atoms with Gasteiger partial charge in [0.1, 0.15) is 0 Å². The van der Waals surface area contributed by atoms with Crippen molar-refractivity contribution in [1.29, 1.82) is 0 Å². The molecule has 0 spiro atoms. The molecule has 0 nitrogen and oxygen atoms in total. The number of benzene rings is 1. The zero-order valence-electron chi connectivity index (χ0n) is 22.4. The van der Waals surface area contributed by atoms with Crippen LogP contribution in [0.15, 0.2) is 36.4 Å². The van der Waals surface area contributed by atoms with Crippen LogP contribution in [0.4, 0.5) is 0 Å². The molecule has 35 heavy (non-hydrogen) atoms. The first-order valence-electron chi connectivity index (χ1n) is 13.5. The minimum Gasteiger partial charge on any atom is -0.161 e. The third kappa shape index (κ3) is 7.79. The fraction of sp³-hybridized carbons (Fsp3) is 0.548. The Labute approximate surface area is 234 Å². The molecule has 0 radical (unpaired) electrons. The van der Waals surface area contributed by atoms with Crippen molar-refractivity contribution in [3.63, 3.8) is 0 Å². The second-order valence-corrected chi connectivity index (χ2v) is 17.1. The molecule has 3 aromatic rings. The van der Waals surface area contributed by atoms with Crippen molar-refractivity contribution >= 4 is 41.0 Å². The molecule has 0 N–H and O–H groups in total. The van der Waals surface area contributed by atoms with Gasteiger partial charge < -0.3 is 0 Å². The summed E-state index contributed by atoms with van der Waals surface area (Å²) in [6, 6.07) is 14.1. The van der Waals surface area contributed by atoms with Crippen molar-refractivity contribution in [2.75, 3.05) is 0 Å². The van der Waals surface area contributed by atoms with Gasteiger partial charge in [0.05, 0.1) is 0 Å². The van der Waals surface area contributed by atoms with E-state index in [0.717, 1.165) is 11.3 Å². The number of hydrogen-bond acceptors (Lipinski definition) is 0. The average molecular weight is 609 g/mol. The predicted molar refractivity (Wildman–Crippen MR) is 157 cm³/mol. The molecule has 190 valence electrons. The maximum Gasteiger partial charge on any atom is -0.0181 e. The summed E-state index contributed by atoms with van der Waals surface area (Å²) in [6.07, 6.45) is 14.9. The van der Waals surface area contributed by atoms with Gasteiger partial charge in [-0.05, 0) is 37.0 Å². The Bertz CT molecular complexity index is 907. The van der Waals surface area contributed by atoms with E-state index >= 15 is 0 Å². The van der Waals surface area contributed by atoms with Crippen LogP contribution >= 0.6 is 24.9 Å². The Kier molecular flexibility index (Phi) is 12.6. The Morgan fingerprint density at radius 3 is 1.66 bits per heavy atom. The van der Waals surface area contributed by atoms with Gasteiger partial charge in [-0.3, -0.25) is 0 Å². The van der Waals surface area contributed by atoms with Crippen molar-refractivity contribution < 1.29 is 20.8 Å². The molecular weight excluding hydrogens is 565 g/mol. The van der Waals surface area contributed by atoms with Crippen LogP contribution in [0, 0.1) is 34.6 Å². The van der Waals surface area contributed by atoms with Gasteiger partial charge in [0.25, 0.3) is 0 Å². The summed E-state index contributed by atoms with van der Waals surface area (Å²) in [5.41, 5.74) is 9.37. The van der Waals surface area contributed by atoms with Crippen LogP contribution in [-0.4, -0.2) is 11.3 Å². The van der Waals surface area contributed by atoms with Gasteiger partial charge in [-0.1, -0.05) is 87.1 Å². The van der Waals surface area contributed by atoms with Gasteiger partial charge in [-0.15, -0.1) is 40.3 Å². The monoisotopic (exact) mass is 606 g/mol. The summed E-state index contributed by atoms with van der Waals surface area (Å²) < 4.78 is 0. The SMILES string of the molecule is Cc1c(C)c(C)[c-](C)c1C.[Cl][Zr+2][Cl].c1ccc2[cH-]c(P(C3CCCCC3)C3CCCCC3)cc2c1. The Morgan fingerprint density at radius 1 is 0.800 bits per heavy atom. The van der Waals surface area contributed by atoms with Crippen molar-refractivity contribution in [3.05, 3.63) is 64.2 Å². The molecule has 5 rings (SSSR count). The van der Waals surface area contributed by atoms with E-state index in [-0.39, 0.29) is 7.92 Å². The van der Waals surface area contributed by atoms with E-state index in [1.54, 1.807) is 5.30 Å². The number of rotatable bonds is 3. The van der Waals surface area contributed by atoms with Crippen LogP contribution in [-0.2, 0) is 20.8 Å². The van der Waals surface area contributed by atoms with E-state index in [2.05, 4.69) is 71.0 Å². The van der Waals surface area contributed by atoms with Crippen LogP contribution in [0.3, 0.4) is 0 Å². The van der Waals surface area contributed by atoms with Crippen LogP contribution in [0.25, 0.3) is 10.8 Å². The minimum absolute atomic E-state index is 0.0611. The Hall–Kier alpha value is 0.0731. The first kappa shape index (κ1) is 29.6. The molecule has 0 aromatic heterocycles. The summed E-state index contributed by atoms with van der Waals surface area (Å²) in [5, 5.41) is 4.67. The van der Waals surface area contributed by atoms with E-state index in [0.29, 0.717) is 0 Å². The van der Waals surface area contributed by atoms with Crippen molar-refractivity contribution in [1.82, 2.24) is 0 Å². The largest absolute Gasteiger partial charge is 0.161 e. The normalized spacial score (nSPS) is 16.9. The van der Waals surface area contributed by atoms with E-state index in [4.69, 9.17) is 17.0 Å². The molecule has 0 atom stereocenters. The molecule has 0 amide bonds. The summed E-state index contributed by atoms with van der Waals surface area (Å²) in [6.45, 7) is 11.0. The van der Waals surface area contributed by atoms with E-state index < -0.39 is 20.8 Å².